The van der Waals surface area contributed by atoms with Gasteiger partial charge in [-0.3, -0.25) is 4.79 Å². The molecule has 0 radical (unpaired) electrons. The molecule has 0 heterocycles. The number of hydrogen-bond acceptors (Lipinski definition) is 3. The molecule has 0 aromatic heterocycles. The maximum Gasteiger partial charge on any atom is 0.260 e. The van der Waals surface area contributed by atoms with Crippen LogP contribution < -0.4 is 10.5 Å². The lowest BCUT2D eigenvalue weighted by Crippen LogP contribution is -2.37. The van der Waals surface area contributed by atoms with Gasteiger partial charge in [-0.2, -0.15) is 0 Å². The SMILES string of the molecule is CCCN(C(=O)COc1cccc(N)c1)C1CC1. The normalized spacial score (nSPS) is 14.3. The predicted octanol–water partition coefficient (Wildman–Crippen LogP) is 2.05. The van der Waals surface area contributed by atoms with E-state index in [0.29, 0.717) is 17.5 Å². The lowest BCUT2D eigenvalue weighted by atomic mass is 10.3. The van der Waals surface area contributed by atoms with Crippen molar-refractivity contribution in [1.82, 2.24) is 4.90 Å². The summed E-state index contributed by atoms with van der Waals surface area (Å²) in [5.74, 6) is 0.720. The molecule has 0 saturated heterocycles. The zero-order chi connectivity index (χ0) is 13.0. The van der Waals surface area contributed by atoms with E-state index in [1.54, 1.807) is 12.1 Å². The quantitative estimate of drug-likeness (QED) is 0.784. The summed E-state index contributed by atoms with van der Waals surface area (Å²) < 4.78 is 5.48. The molecule has 0 unspecified atom stereocenters. The number of rotatable bonds is 6. The lowest BCUT2D eigenvalue weighted by Gasteiger charge is -2.21. The van der Waals surface area contributed by atoms with Crippen molar-refractivity contribution < 1.29 is 9.53 Å². The molecule has 1 aliphatic rings. The van der Waals surface area contributed by atoms with E-state index in [2.05, 4.69) is 6.92 Å². The molecule has 1 saturated carbocycles. The first-order chi connectivity index (χ1) is 8.70. The van der Waals surface area contributed by atoms with Gasteiger partial charge in [0.15, 0.2) is 6.61 Å². The second-order valence-electron chi connectivity index (χ2n) is 4.68. The summed E-state index contributed by atoms with van der Waals surface area (Å²) in [6.07, 6.45) is 3.24. The molecule has 98 valence electrons. The van der Waals surface area contributed by atoms with Crippen LogP contribution in [0.4, 0.5) is 5.69 Å². The van der Waals surface area contributed by atoms with E-state index >= 15 is 0 Å². The fourth-order valence-corrected chi connectivity index (χ4v) is 1.97. The predicted molar refractivity (Wildman–Crippen MR) is 71.4 cm³/mol. The summed E-state index contributed by atoms with van der Waals surface area (Å²) in [6, 6.07) is 7.60. The van der Waals surface area contributed by atoms with Gasteiger partial charge in [-0.1, -0.05) is 13.0 Å². The van der Waals surface area contributed by atoms with Crippen molar-refractivity contribution in [2.24, 2.45) is 0 Å². The number of hydrogen-bond donors (Lipinski definition) is 1. The van der Waals surface area contributed by atoms with Crippen LogP contribution >= 0.6 is 0 Å². The Morgan fingerprint density at radius 2 is 2.28 bits per heavy atom. The molecular weight excluding hydrogens is 228 g/mol. The Morgan fingerprint density at radius 3 is 2.89 bits per heavy atom. The monoisotopic (exact) mass is 248 g/mol. The number of carbonyl (C=O) groups is 1. The van der Waals surface area contributed by atoms with Gasteiger partial charge >= 0.3 is 0 Å². The third kappa shape index (κ3) is 3.39. The van der Waals surface area contributed by atoms with E-state index in [9.17, 15) is 4.79 Å². The number of nitrogen functional groups attached to an aromatic ring is 1. The van der Waals surface area contributed by atoms with Crippen molar-refractivity contribution in [3.05, 3.63) is 24.3 Å². The molecule has 4 nitrogen and oxygen atoms in total. The van der Waals surface area contributed by atoms with E-state index in [1.807, 2.05) is 17.0 Å². The minimum Gasteiger partial charge on any atom is -0.484 e. The van der Waals surface area contributed by atoms with Gasteiger partial charge in [0.1, 0.15) is 5.75 Å². The van der Waals surface area contributed by atoms with Gasteiger partial charge in [0.2, 0.25) is 0 Å². The van der Waals surface area contributed by atoms with E-state index in [4.69, 9.17) is 10.5 Å². The highest BCUT2D eigenvalue weighted by Crippen LogP contribution is 2.27. The smallest absolute Gasteiger partial charge is 0.260 e. The Balaban J connectivity index is 1.86. The molecule has 1 aromatic rings. The first-order valence-electron chi connectivity index (χ1n) is 6.48. The first-order valence-corrected chi connectivity index (χ1v) is 6.48. The molecule has 0 bridgehead atoms. The van der Waals surface area contributed by atoms with Crippen molar-refractivity contribution in [3.8, 4) is 5.75 Å². The molecule has 1 aliphatic carbocycles. The largest absolute Gasteiger partial charge is 0.484 e. The number of anilines is 1. The fraction of sp³-hybridized carbons (Fsp3) is 0.500. The molecule has 2 rings (SSSR count). The minimum atomic E-state index is 0.0711. The van der Waals surface area contributed by atoms with E-state index < -0.39 is 0 Å². The average molecular weight is 248 g/mol. The first kappa shape index (κ1) is 12.7. The molecule has 1 amide bonds. The van der Waals surface area contributed by atoms with Gasteiger partial charge in [0.25, 0.3) is 5.91 Å². The third-order valence-electron chi connectivity index (χ3n) is 2.99. The summed E-state index contributed by atoms with van der Waals surface area (Å²) in [5.41, 5.74) is 6.30. The van der Waals surface area contributed by atoms with Gasteiger partial charge < -0.3 is 15.4 Å². The average Bonchev–Trinajstić information content (AvgIpc) is 3.17. The molecule has 0 atom stereocenters. The van der Waals surface area contributed by atoms with Crippen LogP contribution in [0.15, 0.2) is 24.3 Å². The van der Waals surface area contributed by atoms with Crippen LogP contribution in [0.1, 0.15) is 26.2 Å². The standard InChI is InChI=1S/C14H20N2O2/c1-2-8-16(12-6-7-12)14(17)10-18-13-5-3-4-11(15)9-13/h3-5,9,12H,2,6-8,10,15H2,1H3. The molecule has 1 fully saturated rings. The molecule has 18 heavy (non-hydrogen) atoms. The summed E-state index contributed by atoms with van der Waals surface area (Å²) in [4.78, 5) is 14.0. The van der Waals surface area contributed by atoms with Crippen LogP contribution in [0.3, 0.4) is 0 Å². The van der Waals surface area contributed by atoms with Crippen molar-refractivity contribution in [2.45, 2.75) is 32.2 Å². The zero-order valence-corrected chi connectivity index (χ0v) is 10.8. The number of benzene rings is 1. The van der Waals surface area contributed by atoms with Crippen molar-refractivity contribution in [2.75, 3.05) is 18.9 Å². The Morgan fingerprint density at radius 1 is 1.50 bits per heavy atom. The maximum atomic E-state index is 12.0. The highest BCUT2D eigenvalue weighted by atomic mass is 16.5. The van der Waals surface area contributed by atoms with E-state index in [0.717, 1.165) is 25.8 Å². The van der Waals surface area contributed by atoms with Crippen LogP contribution in [0.2, 0.25) is 0 Å². The molecule has 4 heteroatoms. The number of ether oxygens (including phenoxy) is 1. The molecule has 0 aliphatic heterocycles. The van der Waals surface area contributed by atoms with Gasteiger partial charge in [0, 0.05) is 24.3 Å². The number of amides is 1. The second-order valence-corrected chi connectivity index (χ2v) is 4.68. The molecule has 2 N–H and O–H groups in total. The van der Waals surface area contributed by atoms with Crippen LogP contribution in [0.5, 0.6) is 5.75 Å². The topological polar surface area (TPSA) is 55.6 Å². The third-order valence-corrected chi connectivity index (χ3v) is 2.99. The van der Waals surface area contributed by atoms with Gasteiger partial charge in [-0.05, 0) is 31.4 Å². The van der Waals surface area contributed by atoms with Crippen molar-refractivity contribution >= 4 is 11.6 Å². The highest BCUT2D eigenvalue weighted by Gasteiger charge is 2.31. The Hall–Kier alpha value is -1.71. The molecule has 1 aromatic carbocycles. The minimum absolute atomic E-state index is 0.0711. The number of nitrogens with zero attached hydrogens (tertiary/aromatic N) is 1. The van der Waals surface area contributed by atoms with Crippen molar-refractivity contribution in [3.63, 3.8) is 0 Å². The Labute approximate surface area is 108 Å². The maximum absolute atomic E-state index is 12.0. The van der Waals surface area contributed by atoms with E-state index in [1.165, 1.54) is 0 Å². The number of nitrogens with two attached hydrogens (primary N) is 1. The van der Waals surface area contributed by atoms with Crippen LogP contribution in [-0.4, -0.2) is 30.0 Å². The van der Waals surface area contributed by atoms with E-state index in [-0.39, 0.29) is 12.5 Å². The summed E-state index contributed by atoms with van der Waals surface area (Å²) in [6.45, 7) is 3.01. The summed E-state index contributed by atoms with van der Waals surface area (Å²) in [7, 11) is 0. The summed E-state index contributed by atoms with van der Waals surface area (Å²) >= 11 is 0. The number of carbonyl (C=O) groups excluding carboxylic acids is 1. The zero-order valence-electron chi connectivity index (χ0n) is 10.8. The van der Waals surface area contributed by atoms with Gasteiger partial charge in [-0.25, -0.2) is 0 Å². The Kier molecular flexibility index (Phi) is 4.07. The second kappa shape index (κ2) is 5.76. The van der Waals surface area contributed by atoms with Crippen molar-refractivity contribution in [1.29, 1.82) is 0 Å². The molecular formula is C14H20N2O2. The van der Waals surface area contributed by atoms with Gasteiger partial charge in [-0.15, -0.1) is 0 Å². The van der Waals surface area contributed by atoms with Crippen LogP contribution in [-0.2, 0) is 4.79 Å². The fourth-order valence-electron chi connectivity index (χ4n) is 1.97. The lowest BCUT2D eigenvalue weighted by molar-refractivity contribution is -0.134. The molecule has 0 spiro atoms. The van der Waals surface area contributed by atoms with Crippen LogP contribution in [0.25, 0.3) is 0 Å². The summed E-state index contributed by atoms with van der Waals surface area (Å²) in [5, 5.41) is 0. The highest BCUT2D eigenvalue weighted by molar-refractivity contribution is 5.78. The van der Waals surface area contributed by atoms with Gasteiger partial charge in [0.05, 0.1) is 0 Å². The Bertz CT molecular complexity index is 416. The van der Waals surface area contributed by atoms with Crippen LogP contribution in [0, 0.1) is 0 Å².